The van der Waals surface area contributed by atoms with Gasteiger partial charge in [-0.1, -0.05) is 309 Å². The summed E-state index contributed by atoms with van der Waals surface area (Å²) < 4.78 is 0. The number of rotatable bonds is 51. The summed E-state index contributed by atoms with van der Waals surface area (Å²) in [6.07, 6.45) is 65.2. The first-order chi connectivity index (χ1) is 28.1. The molecule has 0 aliphatic carbocycles. The van der Waals surface area contributed by atoms with E-state index in [1.165, 1.54) is 276 Å². The van der Waals surface area contributed by atoms with Gasteiger partial charge in [0.15, 0.2) is 0 Å². The molecule has 0 aliphatic heterocycles. The molecule has 0 bridgehead atoms. The smallest absolute Gasteiger partial charge is 0.314 e. The number of carbonyl (C=O) groups excluding carboxylic acids is 1. The molecule has 3 heteroatoms. The van der Waals surface area contributed by atoms with E-state index in [1.54, 1.807) is 0 Å². The van der Waals surface area contributed by atoms with Crippen LogP contribution >= 0.6 is 0 Å². The van der Waals surface area contributed by atoms with Crippen molar-refractivity contribution in [1.29, 1.82) is 0 Å². The Kier molecular flexibility index (Phi) is 48.8. The summed E-state index contributed by atoms with van der Waals surface area (Å²) in [4.78, 5) is 24.4. The molecule has 0 radical (unpaired) electrons. The molecule has 1 atom stereocenters. The lowest BCUT2D eigenvalue weighted by molar-refractivity contribution is -0.146. The Hall–Kier alpha value is -0.860. The SMILES string of the molecule is CCCCCCCCCCCCCCCCCCCCCCCCCCCCCCCCCCCC(=O)C(CCCCCCCCCCCCCCCC)C(=O)O. The van der Waals surface area contributed by atoms with Crippen LogP contribution in [0.1, 0.15) is 328 Å². The van der Waals surface area contributed by atoms with Crippen LogP contribution in [0, 0.1) is 5.92 Å². The van der Waals surface area contributed by atoms with E-state index in [9.17, 15) is 14.7 Å². The van der Waals surface area contributed by atoms with Crippen molar-refractivity contribution < 1.29 is 14.7 Å². The second-order valence-electron chi connectivity index (χ2n) is 18.8. The maximum absolute atomic E-state index is 12.6. The average Bonchev–Trinajstić information content (AvgIpc) is 3.21. The number of carboxylic acid groups (broad SMARTS) is 1. The van der Waals surface area contributed by atoms with E-state index in [0.717, 1.165) is 25.7 Å². The highest BCUT2D eigenvalue weighted by molar-refractivity contribution is 5.98. The Morgan fingerprint density at radius 3 is 0.649 bits per heavy atom. The number of unbranched alkanes of at least 4 members (excludes halogenated alkanes) is 45. The highest BCUT2D eigenvalue weighted by Crippen LogP contribution is 2.20. The first-order valence-corrected chi connectivity index (χ1v) is 26.9. The molecule has 0 saturated carbocycles. The van der Waals surface area contributed by atoms with Gasteiger partial charge in [0.2, 0.25) is 0 Å². The molecule has 0 heterocycles. The topological polar surface area (TPSA) is 54.4 Å². The minimum absolute atomic E-state index is 0.0297. The van der Waals surface area contributed by atoms with E-state index in [-0.39, 0.29) is 5.78 Å². The summed E-state index contributed by atoms with van der Waals surface area (Å²) in [5.41, 5.74) is 0. The third-order valence-electron chi connectivity index (χ3n) is 13.1. The zero-order valence-corrected chi connectivity index (χ0v) is 39.5. The minimum atomic E-state index is -0.902. The number of aliphatic carboxylic acids is 1. The molecule has 0 rings (SSSR count). The van der Waals surface area contributed by atoms with Crippen LogP contribution in [-0.2, 0) is 9.59 Å². The number of hydrogen-bond acceptors (Lipinski definition) is 2. The lowest BCUT2D eigenvalue weighted by Gasteiger charge is -2.11. The zero-order chi connectivity index (χ0) is 41.4. The summed E-state index contributed by atoms with van der Waals surface area (Å²) in [6, 6.07) is 0. The fourth-order valence-corrected chi connectivity index (χ4v) is 8.99. The molecule has 0 aromatic heterocycles. The Morgan fingerprint density at radius 1 is 0.281 bits per heavy atom. The summed E-state index contributed by atoms with van der Waals surface area (Å²) in [6.45, 7) is 4.58. The number of carbonyl (C=O) groups is 2. The summed E-state index contributed by atoms with van der Waals surface area (Å²) in [5.74, 6) is -1.70. The maximum atomic E-state index is 12.6. The van der Waals surface area contributed by atoms with E-state index in [0.29, 0.717) is 12.8 Å². The van der Waals surface area contributed by atoms with Gasteiger partial charge in [-0.05, 0) is 12.8 Å². The van der Waals surface area contributed by atoms with Crippen LogP contribution in [0.2, 0.25) is 0 Å². The fourth-order valence-electron chi connectivity index (χ4n) is 8.99. The lowest BCUT2D eigenvalue weighted by Crippen LogP contribution is -2.23. The quantitative estimate of drug-likeness (QED) is 0.0492. The Labute approximate surface area is 359 Å². The first kappa shape index (κ1) is 56.1. The molecule has 57 heavy (non-hydrogen) atoms. The van der Waals surface area contributed by atoms with Gasteiger partial charge < -0.3 is 5.11 Å². The van der Waals surface area contributed by atoms with E-state index in [1.807, 2.05) is 0 Å². The van der Waals surface area contributed by atoms with Gasteiger partial charge in [-0.2, -0.15) is 0 Å². The van der Waals surface area contributed by atoms with Gasteiger partial charge in [-0.15, -0.1) is 0 Å². The second-order valence-corrected chi connectivity index (χ2v) is 18.8. The van der Waals surface area contributed by atoms with Crippen LogP contribution in [0.4, 0.5) is 0 Å². The Balaban J connectivity index is 3.34. The van der Waals surface area contributed by atoms with Crippen molar-refractivity contribution in [2.75, 3.05) is 0 Å². The molecule has 3 nitrogen and oxygen atoms in total. The molecule has 0 aliphatic rings. The molecule has 0 aromatic carbocycles. The van der Waals surface area contributed by atoms with E-state index < -0.39 is 11.9 Å². The van der Waals surface area contributed by atoms with Gasteiger partial charge in [-0.25, -0.2) is 0 Å². The Morgan fingerprint density at radius 2 is 0.456 bits per heavy atom. The highest BCUT2D eigenvalue weighted by atomic mass is 16.4. The van der Waals surface area contributed by atoms with Crippen molar-refractivity contribution in [3.8, 4) is 0 Å². The van der Waals surface area contributed by atoms with Crippen LogP contribution in [-0.4, -0.2) is 16.9 Å². The molecule has 0 fully saturated rings. The number of carboxylic acids is 1. The third kappa shape index (κ3) is 46.1. The summed E-state index contributed by atoms with van der Waals surface area (Å²) >= 11 is 0. The molecular weight excluding hydrogens is 697 g/mol. The van der Waals surface area contributed by atoms with Crippen molar-refractivity contribution in [1.82, 2.24) is 0 Å². The molecule has 0 saturated heterocycles. The molecule has 1 unspecified atom stereocenters. The average molecular weight is 803 g/mol. The van der Waals surface area contributed by atoms with E-state index in [2.05, 4.69) is 13.8 Å². The summed E-state index contributed by atoms with van der Waals surface area (Å²) in [7, 11) is 0. The fraction of sp³-hybridized carbons (Fsp3) is 0.963. The lowest BCUT2D eigenvalue weighted by atomic mass is 9.93. The second kappa shape index (κ2) is 49.5. The van der Waals surface area contributed by atoms with Gasteiger partial charge in [-0.3, -0.25) is 9.59 Å². The monoisotopic (exact) mass is 803 g/mol. The van der Waals surface area contributed by atoms with Crippen LogP contribution in [0.15, 0.2) is 0 Å². The molecule has 0 aromatic rings. The standard InChI is InChI=1S/C54H106O3/c1-3-5-7-9-11-13-15-17-19-20-21-22-23-24-25-26-27-28-29-30-31-32-33-34-35-36-37-39-41-43-45-47-49-51-53(55)52(54(56)57)50-48-46-44-42-40-38-18-16-14-12-10-8-6-4-2/h52H,3-51H2,1-2H3,(H,56,57). The van der Waals surface area contributed by atoms with Crippen molar-refractivity contribution in [2.24, 2.45) is 5.92 Å². The number of hydrogen-bond donors (Lipinski definition) is 1. The molecule has 0 spiro atoms. The van der Waals surface area contributed by atoms with E-state index in [4.69, 9.17) is 0 Å². The van der Waals surface area contributed by atoms with Gasteiger partial charge in [0.25, 0.3) is 0 Å². The number of ketones is 1. The van der Waals surface area contributed by atoms with Crippen molar-refractivity contribution in [3.63, 3.8) is 0 Å². The largest absolute Gasteiger partial charge is 0.481 e. The first-order valence-electron chi connectivity index (χ1n) is 26.9. The van der Waals surface area contributed by atoms with Crippen molar-refractivity contribution in [2.45, 2.75) is 328 Å². The molecule has 1 N–H and O–H groups in total. The molecule has 340 valence electrons. The van der Waals surface area contributed by atoms with Crippen LogP contribution in [0.25, 0.3) is 0 Å². The van der Waals surface area contributed by atoms with Gasteiger partial charge in [0, 0.05) is 6.42 Å². The summed E-state index contributed by atoms with van der Waals surface area (Å²) in [5, 5.41) is 9.65. The predicted molar refractivity (Wildman–Crippen MR) is 254 cm³/mol. The van der Waals surface area contributed by atoms with Crippen molar-refractivity contribution >= 4 is 11.8 Å². The predicted octanol–water partition coefficient (Wildman–Crippen LogP) is 19.4. The minimum Gasteiger partial charge on any atom is -0.481 e. The van der Waals surface area contributed by atoms with Gasteiger partial charge >= 0.3 is 5.97 Å². The van der Waals surface area contributed by atoms with Gasteiger partial charge in [0.05, 0.1) is 0 Å². The zero-order valence-electron chi connectivity index (χ0n) is 39.5. The molecular formula is C54H106O3. The third-order valence-corrected chi connectivity index (χ3v) is 13.1. The van der Waals surface area contributed by atoms with Gasteiger partial charge in [0.1, 0.15) is 11.7 Å². The Bertz CT molecular complexity index is 777. The highest BCUT2D eigenvalue weighted by Gasteiger charge is 2.24. The van der Waals surface area contributed by atoms with Crippen LogP contribution in [0.5, 0.6) is 0 Å². The van der Waals surface area contributed by atoms with E-state index >= 15 is 0 Å². The normalized spacial score (nSPS) is 12.1. The van der Waals surface area contributed by atoms with Crippen LogP contribution < -0.4 is 0 Å². The van der Waals surface area contributed by atoms with Crippen LogP contribution in [0.3, 0.4) is 0 Å². The van der Waals surface area contributed by atoms with Crippen molar-refractivity contribution in [3.05, 3.63) is 0 Å². The maximum Gasteiger partial charge on any atom is 0.314 e. The molecule has 0 amide bonds. The number of Topliss-reactive ketones (excluding diaryl/α,β-unsaturated/α-hetero) is 1.